The molecule has 1 unspecified atom stereocenters. The summed E-state index contributed by atoms with van der Waals surface area (Å²) in [6, 6.07) is 8.45. The van der Waals surface area contributed by atoms with E-state index in [1.807, 2.05) is 0 Å². The lowest BCUT2D eigenvalue weighted by Gasteiger charge is -2.13. The third-order valence-electron chi connectivity index (χ3n) is 3.93. The molecule has 1 aromatic heterocycles. The summed E-state index contributed by atoms with van der Waals surface area (Å²) in [6.45, 7) is 1.53. The summed E-state index contributed by atoms with van der Waals surface area (Å²) in [7, 11) is 0. The minimum absolute atomic E-state index is 0.158. The van der Waals surface area contributed by atoms with E-state index in [2.05, 4.69) is 4.98 Å². The molecular weight excluding hydrogens is 397 g/mol. The van der Waals surface area contributed by atoms with E-state index in [4.69, 9.17) is 5.73 Å². The third-order valence-corrected chi connectivity index (χ3v) is 5.00. The van der Waals surface area contributed by atoms with E-state index in [1.165, 1.54) is 41.8 Å². The van der Waals surface area contributed by atoms with Gasteiger partial charge >= 0.3 is 6.18 Å². The molecule has 0 spiro atoms. The average Bonchev–Trinajstić information content (AvgIpc) is 2.97. The first-order chi connectivity index (χ1) is 13.1. The topological polar surface area (TPSA) is 104 Å². The largest absolute Gasteiger partial charge is 0.416 e. The van der Waals surface area contributed by atoms with E-state index >= 15 is 0 Å². The lowest BCUT2D eigenvalue weighted by atomic mass is 10.2. The van der Waals surface area contributed by atoms with Crippen LogP contribution in [0, 0.1) is 10.1 Å². The van der Waals surface area contributed by atoms with Crippen molar-refractivity contribution in [1.82, 2.24) is 9.55 Å². The number of carbonyl (C=O) groups is 1. The number of carbonyl (C=O) groups excluding carboxylic acids is 1. The second kappa shape index (κ2) is 7.15. The maximum atomic E-state index is 13.1. The van der Waals surface area contributed by atoms with Crippen LogP contribution in [0.1, 0.15) is 12.5 Å². The van der Waals surface area contributed by atoms with Crippen molar-refractivity contribution in [2.24, 2.45) is 5.73 Å². The Balaban J connectivity index is 2.23. The number of thioether (sulfide) groups is 1. The molecule has 7 nitrogen and oxygen atoms in total. The highest BCUT2D eigenvalue weighted by molar-refractivity contribution is 8.00. The Morgan fingerprint density at radius 1 is 1.29 bits per heavy atom. The number of aromatic nitrogens is 2. The Labute approximate surface area is 160 Å². The number of primary amides is 1. The van der Waals surface area contributed by atoms with Gasteiger partial charge in [0, 0.05) is 17.8 Å². The van der Waals surface area contributed by atoms with Crippen LogP contribution in [0.5, 0.6) is 0 Å². The summed E-state index contributed by atoms with van der Waals surface area (Å²) >= 11 is 0.953. The van der Waals surface area contributed by atoms with E-state index in [0.29, 0.717) is 5.52 Å². The van der Waals surface area contributed by atoms with Gasteiger partial charge in [-0.25, -0.2) is 4.98 Å². The van der Waals surface area contributed by atoms with Gasteiger partial charge in [-0.2, -0.15) is 13.2 Å². The van der Waals surface area contributed by atoms with Gasteiger partial charge in [-0.1, -0.05) is 17.8 Å². The Kier molecular flexibility index (Phi) is 5.02. The standard InChI is InChI=1S/C17H13F3N4O3S/c1-9(15(21)25)28-16-22-13-8-12(24(26)27)5-6-14(13)23(16)11-4-2-3-10(7-11)17(18,19)20/h2-9H,1H3,(H2,21,25). The molecule has 0 bridgehead atoms. The Bertz CT molecular complexity index is 1080. The number of nitrogens with two attached hydrogens (primary N) is 1. The summed E-state index contributed by atoms with van der Waals surface area (Å²) in [4.78, 5) is 26.1. The van der Waals surface area contributed by atoms with Crippen molar-refractivity contribution in [2.45, 2.75) is 23.5 Å². The number of rotatable bonds is 5. The van der Waals surface area contributed by atoms with E-state index in [9.17, 15) is 28.1 Å². The molecule has 0 aliphatic heterocycles. The minimum atomic E-state index is -4.54. The predicted octanol–water partition coefficient (Wildman–Crippen LogP) is 3.92. The van der Waals surface area contributed by atoms with Crippen molar-refractivity contribution in [1.29, 1.82) is 0 Å². The van der Waals surface area contributed by atoms with Gasteiger partial charge in [-0.15, -0.1) is 0 Å². The van der Waals surface area contributed by atoms with Crippen LogP contribution in [0.25, 0.3) is 16.7 Å². The van der Waals surface area contributed by atoms with Crippen molar-refractivity contribution in [3.63, 3.8) is 0 Å². The molecule has 0 aliphatic rings. The number of amides is 1. The number of fused-ring (bicyclic) bond motifs is 1. The number of imidazole rings is 1. The molecule has 1 heterocycles. The monoisotopic (exact) mass is 410 g/mol. The number of nitrogens with zero attached hydrogens (tertiary/aromatic N) is 3. The van der Waals surface area contributed by atoms with Gasteiger partial charge in [0.25, 0.3) is 5.69 Å². The molecule has 146 valence electrons. The van der Waals surface area contributed by atoms with E-state index in [1.54, 1.807) is 0 Å². The maximum Gasteiger partial charge on any atom is 0.416 e. The van der Waals surface area contributed by atoms with E-state index < -0.39 is 27.8 Å². The van der Waals surface area contributed by atoms with Gasteiger partial charge in [0.1, 0.15) is 0 Å². The molecule has 28 heavy (non-hydrogen) atoms. The first-order valence-corrected chi connectivity index (χ1v) is 8.76. The molecule has 1 amide bonds. The first-order valence-electron chi connectivity index (χ1n) is 7.88. The van der Waals surface area contributed by atoms with Crippen LogP contribution in [0.2, 0.25) is 0 Å². The number of hydrogen-bond acceptors (Lipinski definition) is 5. The fourth-order valence-corrected chi connectivity index (χ4v) is 3.42. The fraction of sp³-hybridized carbons (Fsp3) is 0.176. The number of nitro groups is 1. The molecule has 0 saturated carbocycles. The predicted molar refractivity (Wildman–Crippen MR) is 97.2 cm³/mol. The first kappa shape index (κ1) is 19.7. The zero-order valence-corrected chi connectivity index (χ0v) is 15.1. The zero-order valence-electron chi connectivity index (χ0n) is 14.3. The van der Waals surface area contributed by atoms with Crippen LogP contribution in [-0.2, 0) is 11.0 Å². The van der Waals surface area contributed by atoms with Crippen molar-refractivity contribution < 1.29 is 22.9 Å². The Hall–Kier alpha value is -3.08. The lowest BCUT2D eigenvalue weighted by Crippen LogP contribution is -2.23. The fourth-order valence-electron chi connectivity index (χ4n) is 2.53. The Morgan fingerprint density at radius 3 is 2.61 bits per heavy atom. The SMILES string of the molecule is CC(Sc1nc2cc([N+](=O)[O-])ccc2n1-c1cccc(C(F)(F)F)c1)C(N)=O. The van der Waals surface area contributed by atoms with E-state index in [0.717, 1.165) is 23.9 Å². The summed E-state index contributed by atoms with van der Waals surface area (Å²) in [6.07, 6.45) is -4.54. The molecule has 1 atom stereocenters. The van der Waals surface area contributed by atoms with Crippen LogP contribution >= 0.6 is 11.8 Å². The van der Waals surface area contributed by atoms with Crippen LogP contribution in [0.4, 0.5) is 18.9 Å². The molecule has 2 N–H and O–H groups in total. The van der Waals surface area contributed by atoms with E-state index in [-0.39, 0.29) is 22.0 Å². The second-order valence-electron chi connectivity index (χ2n) is 5.87. The molecule has 2 aromatic carbocycles. The van der Waals surface area contributed by atoms with Gasteiger partial charge in [0.15, 0.2) is 5.16 Å². The van der Waals surface area contributed by atoms with Crippen molar-refractivity contribution in [2.75, 3.05) is 0 Å². The van der Waals surface area contributed by atoms with Crippen molar-refractivity contribution >= 4 is 34.4 Å². The maximum absolute atomic E-state index is 13.1. The van der Waals surface area contributed by atoms with Crippen LogP contribution in [0.3, 0.4) is 0 Å². The summed E-state index contributed by atoms with van der Waals surface area (Å²) in [5.74, 6) is -0.626. The van der Waals surface area contributed by atoms with Gasteiger partial charge in [-0.3, -0.25) is 19.5 Å². The minimum Gasteiger partial charge on any atom is -0.369 e. The summed E-state index contributed by atoms with van der Waals surface area (Å²) in [5.41, 5.74) is 4.95. The highest BCUT2D eigenvalue weighted by Crippen LogP contribution is 2.35. The molecule has 0 aliphatic carbocycles. The van der Waals surface area contributed by atoms with Crippen LogP contribution in [-0.4, -0.2) is 25.6 Å². The van der Waals surface area contributed by atoms with Gasteiger partial charge < -0.3 is 5.73 Å². The van der Waals surface area contributed by atoms with Crippen LogP contribution < -0.4 is 5.73 Å². The average molecular weight is 410 g/mol. The Morgan fingerprint density at radius 2 is 2.00 bits per heavy atom. The van der Waals surface area contributed by atoms with Gasteiger partial charge in [0.05, 0.1) is 26.8 Å². The van der Waals surface area contributed by atoms with Crippen molar-refractivity contribution in [3.05, 3.63) is 58.1 Å². The third kappa shape index (κ3) is 3.79. The summed E-state index contributed by atoms with van der Waals surface area (Å²) < 4.78 is 40.8. The highest BCUT2D eigenvalue weighted by Gasteiger charge is 2.31. The number of nitro benzene ring substituents is 1. The smallest absolute Gasteiger partial charge is 0.369 e. The molecule has 0 saturated heterocycles. The lowest BCUT2D eigenvalue weighted by molar-refractivity contribution is -0.384. The molecule has 3 rings (SSSR count). The zero-order chi connectivity index (χ0) is 20.6. The molecule has 11 heteroatoms. The van der Waals surface area contributed by atoms with Gasteiger partial charge in [-0.05, 0) is 31.2 Å². The number of non-ortho nitro benzene ring substituents is 1. The highest BCUT2D eigenvalue weighted by atomic mass is 32.2. The number of benzene rings is 2. The summed E-state index contributed by atoms with van der Waals surface area (Å²) in [5, 5.41) is 10.5. The van der Waals surface area contributed by atoms with Gasteiger partial charge in [0.2, 0.25) is 5.91 Å². The normalized spacial score (nSPS) is 12.9. The molecule has 0 radical (unpaired) electrons. The molecule has 3 aromatic rings. The number of halogens is 3. The molecular formula is C17H13F3N4O3S. The number of alkyl halides is 3. The second-order valence-corrected chi connectivity index (χ2v) is 7.18. The number of hydrogen-bond donors (Lipinski definition) is 1. The van der Waals surface area contributed by atoms with Crippen molar-refractivity contribution in [3.8, 4) is 5.69 Å². The molecule has 0 fully saturated rings. The van der Waals surface area contributed by atoms with Crippen LogP contribution in [0.15, 0.2) is 47.6 Å². The quantitative estimate of drug-likeness (QED) is 0.390.